The van der Waals surface area contributed by atoms with Crippen LogP contribution in [0.25, 0.3) is 11.1 Å². The van der Waals surface area contributed by atoms with Crippen LogP contribution in [-0.2, 0) is 14.4 Å². The Bertz CT molecular complexity index is 1310. The molecule has 7 nitrogen and oxygen atoms in total. The second kappa shape index (κ2) is 10.2. The second-order valence-corrected chi connectivity index (χ2v) is 8.72. The van der Waals surface area contributed by atoms with Gasteiger partial charge in [-0.05, 0) is 41.8 Å². The van der Waals surface area contributed by atoms with E-state index in [1.807, 2.05) is 36.4 Å². The summed E-state index contributed by atoms with van der Waals surface area (Å²) in [5.74, 6) is -3.58. The number of hydrogen-bond donors (Lipinski definition) is 3. The normalized spacial score (nSPS) is 16.3. The Labute approximate surface area is 206 Å². The van der Waals surface area contributed by atoms with Crippen molar-refractivity contribution in [3.63, 3.8) is 0 Å². The van der Waals surface area contributed by atoms with E-state index >= 15 is 0 Å². The maximum atomic E-state index is 13.4. The fourth-order valence-electron chi connectivity index (χ4n) is 4.33. The third-order valence-corrected chi connectivity index (χ3v) is 6.04. The Morgan fingerprint density at radius 1 is 1.00 bits per heavy atom. The van der Waals surface area contributed by atoms with Crippen LogP contribution in [0.1, 0.15) is 36.6 Å². The number of para-hydroxylation sites is 1. The minimum atomic E-state index is -1.82. The first-order valence-electron chi connectivity index (χ1n) is 11.4. The summed E-state index contributed by atoms with van der Waals surface area (Å²) in [5.41, 5.74) is 2.81. The van der Waals surface area contributed by atoms with Gasteiger partial charge in [0.05, 0.1) is 5.69 Å². The van der Waals surface area contributed by atoms with Crippen molar-refractivity contribution in [3.8, 4) is 11.1 Å². The van der Waals surface area contributed by atoms with E-state index in [-0.39, 0.29) is 17.9 Å². The standard InChI is InChI=1S/C27H25F2N3O4/c1-15(30-26(35)25(34)16-12-17(28)14-18(29)13-16)11-23(33)31-24-21-9-4-3-7-19(21)20-8-5-6-10-22(20)32(2)27(24)36/h3-10,12-15,24-25,34H,11H2,1-2H3,(H,30,35)(H,31,33)/t15-,24-,25-/m0/s1. The highest BCUT2D eigenvalue weighted by Crippen LogP contribution is 2.39. The van der Waals surface area contributed by atoms with E-state index in [4.69, 9.17) is 0 Å². The molecule has 0 spiro atoms. The Hall–Kier alpha value is -4.11. The highest BCUT2D eigenvalue weighted by atomic mass is 19.1. The first kappa shape index (κ1) is 25.0. The Morgan fingerprint density at radius 2 is 1.61 bits per heavy atom. The van der Waals surface area contributed by atoms with Crippen LogP contribution >= 0.6 is 0 Å². The smallest absolute Gasteiger partial charge is 0.253 e. The van der Waals surface area contributed by atoms with E-state index in [0.717, 1.165) is 28.9 Å². The van der Waals surface area contributed by atoms with E-state index in [2.05, 4.69) is 10.6 Å². The number of aliphatic hydroxyl groups excluding tert-OH is 1. The van der Waals surface area contributed by atoms with Crippen LogP contribution in [-0.4, -0.2) is 35.9 Å². The van der Waals surface area contributed by atoms with E-state index < -0.39 is 41.6 Å². The average Bonchev–Trinajstić information content (AvgIpc) is 2.92. The van der Waals surface area contributed by atoms with Crippen LogP contribution in [0.15, 0.2) is 66.7 Å². The molecular formula is C27H25F2N3O4. The summed E-state index contributed by atoms with van der Waals surface area (Å²) in [7, 11) is 1.64. The Balaban J connectivity index is 1.46. The lowest BCUT2D eigenvalue weighted by atomic mass is 9.95. The van der Waals surface area contributed by atoms with Crippen molar-refractivity contribution >= 4 is 23.4 Å². The third-order valence-electron chi connectivity index (χ3n) is 6.04. The first-order valence-corrected chi connectivity index (χ1v) is 11.4. The van der Waals surface area contributed by atoms with Crippen LogP contribution in [0.3, 0.4) is 0 Å². The first-order chi connectivity index (χ1) is 17.2. The third kappa shape index (κ3) is 5.11. The molecule has 0 fully saturated rings. The highest BCUT2D eigenvalue weighted by molar-refractivity contribution is 6.06. The summed E-state index contributed by atoms with van der Waals surface area (Å²) in [6, 6.07) is 15.4. The van der Waals surface area contributed by atoms with Crippen LogP contribution in [0.4, 0.5) is 14.5 Å². The fourth-order valence-corrected chi connectivity index (χ4v) is 4.33. The lowest BCUT2D eigenvalue weighted by Gasteiger charge is -2.24. The highest BCUT2D eigenvalue weighted by Gasteiger charge is 2.33. The number of hydrogen-bond acceptors (Lipinski definition) is 4. The quantitative estimate of drug-likeness (QED) is 0.490. The molecule has 3 aromatic carbocycles. The summed E-state index contributed by atoms with van der Waals surface area (Å²) in [5, 5.41) is 15.4. The van der Waals surface area contributed by atoms with Crippen LogP contribution in [0.5, 0.6) is 0 Å². The van der Waals surface area contributed by atoms with Crippen LogP contribution < -0.4 is 15.5 Å². The van der Waals surface area contributed by atoms with Crippen LogP contribution in [0, 0.1) is 11.6 Å². The average molecular weight is 494 g/mol. The molecule has 3 atom stereocenters. The predicted octanol–water partition coefficient (Wildman–Crippen LogP) is 3.39. The van der Waals surface area contributed by atoms with Gasteiger partial charge in [0.1, 0.15) is 17.7 Å². The molecule has 3 aromatic rings. The number of likely N-dealkylation sites (N-methyl/N-ethyl adjacent to an activating group) is 1. The molecule has 36 heavy (non-hydrogen) atoms. The molecule has 0 aliphatic carbocycles. The van der Waals surface area contributed by atoms with Crippen molar-refractivity contribution in [1.29, 1.82) is 0 Å². The number of anilines is 1. The number of halogens is 2. The SMILES string of the molecule is C[C@@H](CC(=O)N[C@@H]1C(=O)N(C)c2ccccc2-c2ccccc21)NC(=O)[C@@H](O)c1cc(F)cc(F)c1. The number of carbonyl (C=O) groups excluding carboxylic acids is 3. The largest absolute Gasteiger partial charge is 0.378 e. The summed E-state index contributed by atoms with van der Waals surface area (Å²) in [6.07, 6.45) is -2.01. The van der Waals surface area contributed by atoms with Crippen molar-refractivity contribution in [2.24, 2.45) is 0 Å². The summed E-state index contributed by atoms with van der Waals surface area (Å²) < 4.78 is 26.8. The number of fused-ring (bicyclic) bond motifs is 3. The molecule has 1 aliphatic rings. The predicted molar refractivity (Wildman–Crippen MR) is 130 cm³/mol. The summed E-state index contributed by atoms with van der Waals surface area (Å²) in [4.78, 5) is 40.1. The van der Waals surface area contributed by atoms with Crippen LogP contribution in [0.2, 0.25) is 0 Å². The van der Waals surface area contributed by atoms with E-state index in [1.54, 1.807) is 26.1 Å². The summed E-state index contributed by atoms with van der Waals surface area (Å²) in [6.45, 7) is 1.54. The number of aliphatic hydroxyl groups is 1. The van der Waals surface area contributed by atoms with Gasteiger partial charge in [-0.25, -0.2) is 8.78 Å². The Kier molecular flexibility index (Phi) is 7.12. The maximum Gasteiger partial charge on any atom is 0.253 e. The van der Waals surface area contributed by atoms with Gasteiger partial charge >= 0.3 is 0 Å². The molecular weight excluding hydrogens is 468 g/mol. The lowest BCUT2D eigenvalue weighted by Crippen LogP contribution is -2.44. The molecule has 9 heteroatoms. The van der Waals surface area contributed by atoms with E-state index in [1.165, 1.54) is 4.90 Å². The van der Waals surface area contributed by atoms with Crippen molar-refractivity contribution < 1.29 is 28.3 Å². The lowest BCUT2D eigenvalue weighted by molar-refractivity contribution is -0.131. The molecule has 0 saturated heterocycles. The Morgan fingerprint density at radius 3 is 2.31 bits per heavy atom. The molecule has 3 N–H and O–H groups in total. The molecule has 186 valence electrons. The zero-order chi connectivity index (χ0) is 26.0. The number of rotatable bonds is 6. The van der Waals surface area contributed by atoms with Gasteiger partial charge in [0.2, 0.25) is 5.91 Å². The van der Waals surface area contributed by atoms with Gasteiger partial charge in [-0.3, -0.25) is 14.4 Å². The number of amides is 3. The zero-order valence-electron chi connectivity index (χ0n) is 19.7. The van der Waals surface area contributed by atoms with Gasteiger partial charge in [0, 0.05) is 31.1 Å². The fraction of sp³-hybridized carbons (Fsp3) is 0.222. The molecule has 4 rings (SSSR count). The molecule has 1 heterocycles. The molecule has 0 radical (unpaired) electrons. The zero-order valence-corrected chi connectivity index (χ0v) is 19.7. The van der Waals surface area contributed by atoms with Gasteiger partial charge in [-0.1, -0.05) is 42.5 Å². The molecule has 0 aromatic heterocycles. The molecule has 0 bridgehead atoms. The van der Waals surface area contributed by atoms with E-state index in [9.17, 15) is 28.3 Å². The molecule has 0 unspecified atom stereocenters. The monoisotopic (exact) mass is 493 g/mol. The van der Waals surface area contributed by atoms with Gasteiger partial charge < -0.3 is 20.6 Å². The molecule has 0 saturated carbocycles. The number of nitrogens with one attached hydrogen (secondary N) is 2. The topological polar surface area (TPSA) is 98.7 Å². The minimum absolute atomic E-state index is 0.196. The van der Waals surface area contributed by atoms with Gasteiger partial charge in [0.25, 0.3) is 11.8 Å². The van der Waals surface area contributed by atoms with Crippen molar-refractivity contribution in [1.82, 2.24) is 10.6 Å². The second-order valence-electron chi connectivity index (χ2n) is 8.72. The summed E-state index contributed by atoms with van der Waals surface area (Å²) >= 11 is 0. The molecule has 1 aliphatic heterocycles. The van der Waals surface area contributed by atoms with Crippen molar-refractivity contribution in [2.75, 3.05) is 11.9 Å². The van der Waals surface area contributed by atoms with Crippen molar-refractivity contribution in [3.05, 3.63) is 89.5 Å². The van der Waals surface area contributed by atoms with Gasteiger partial charge in [0.15, 0.2) is 6.10 Å². The molecule has 3 amide bonds. The number of benzene rings is 3. The number of nitrogens with zero attached hydrogens (tertiary/aromatic N) is 1. The maximum absolute atomic E-state index is 13.4. The van der Waals surface area contributed by atoms with Gasteiger partial charge in [-0.2, -0.15) is 0 Å². The minimum Gasteiger partial charge on any atom is -0.378 e. The van der Waals surface area contributed by atoms with Gasteiger partial charge in [-0.15, -0.1) is 0 Å². The van der Waals surface area contributed by atoms with Crippen molar-refractivity contribution in [2.45, 2.75) is 31.5 Å². The number of carbonyl (C=O) groups is 3. The van der Waals surface area contributed by atoms with E-state index in [0.29, 0.717) is 11.6 Å².